The Morgan fingerprint density at radius 3 is 2.94 bits per heavy atom. The third-order valence-corrected chi connectivity index (χ3v) is 1.91. The normalized spacial score (nSPS) is 9.12. The summed E-state index contributed by atoms with van der Waals surface area (Å²) in [6, 6.07) is 4.42. The number of ether oxygens (including phenoxy) is 1. The molecule has 1 rings (SSSR count). The molecule has 0 atom stereocenters. The van der Waals surface area contributed by atoms with Crippen LogP contribution in [0.4, 0.5) is 0 Å². The number of nitrogens with one attached hydrogen (secondary N) is 1. The zero-order valence-corrected chi connectivity index (χ0v) is 9.20. The minimum Gasteiger partial charge on any atom is -0.507 e. The molecule has 0 unspecified atom stereocenters. The molecule has 0 aliphatic carbocycles. The van der Waals surface area contributed by atoms with Crippen LogP contribution in [0, 0.1) is 11.8 Å². The van der Waals surface area contributed by atoms with E-state index in [0.29, 0.717) is 17.7 Å². The van der Waals surface area contributed by atoms with Crippen molar-refractivity contribution in [2.45, 2.75) is 0 Å². The molecule has 84 valence electrons. The van der Waals surface area contributed by atoms with Crippen LogP contribution in [0.3, 0.4) is 0 Å². The molecule has 1 aromatic rings. The van der Waals surface area contributed by atoms with E-state index in [2.05, 4.69) is 21.9 Å². The smallest absolute Gasteiger partial charge is 0.337 e. The van der Waals surface area contributed by atoms with Crippen LogP contribution in [0.15, 0.2) is 18.2 Å². The first kappa shape index (κ1) is 12.1. The fourth-order valence-corrected chi connectivity index (χ4v) is 1.11. The zero-order chi connectivity index (χ0) is 12.0. The molecule has 0 amide bonds. The number of rotatable bonds is 2. The van der Waals surface area contributed by atoms with Crippen molar-refractivity contribution < 1.29 is 14.6 Å². The highest BCUT2D eigenvalue weighted by Crippen LogP contribution is 2.17. The fourth-order valence-electron chi connectivity index (χ4n) is 1.11. The van der Waals surface area contributed by atoms with Gasteiger partial charge in [0.25, 0.3) is 0 Å². The van der Waals surface area contributed by atoms with Crippen LogP contribution >= 0.6 is 0 Å². The van der Waals surface area contributed by atoms with Gasteiger partial charge in [-0.1, -0.05) is 11.8 Å². The summed E-state index contributed by atoms with van der Waals surface area (Å²) in [6.07, 6.45) is 0. The minimum absolute atomic E-state index is 0.0521. The van der Waals surface area contributed by atoms with Gasteiger partial charge < -0.3 is 15.2 Å². The molecule has 2 N–H and O–H groups in total. The highest BCUT2D eigenvalue weighted by atomic mass is 16.5. The number of benzene rings is 1. The van der Waals surface area contributed by atoms with Crippen LogP contribution in [0.2, 0.25) is 0 Å². The third-order valence-electron chi connectivity index (χ3n) is 1.91. The maximum atomic E-state index is 11.2. The first-order valence-electron chi connectivity index (χ1n) is 4.74. The van der Waals surface area contributed by atoms with Gasteiger partial charge in [-0.15, -0.1) is 0 Å². The van der Waals surface area contributed by atoms with Crippen LogP contribution in [0.1, 0.15) is 15.9 Å². The molecule has 0 aromatic heterocycles. The second-order valence-corrected chi connectivity index (χ2v) is 3.06. The second-order valence-electron chi connectivity index (χ2n) is 3.06. The molecular weight excluding hydrogens is 206 g/mol. The Kier molecular flexibility index (Phi) is 4.37. The van der Waals surface area contributed by atoms with E-state index in [1.54, 1.807) is 7.05 Å². The summed E-state index contributed by atoms with van der Waals surface area (Å²) in [7, 11) is 3.08. The average Bonchev–Trinajstić information content (AvgIpc) is 2.31. The Bertz CT molecular complexity index is 443. The molecule has 0 saturated heterocycles. The number of phenolic OH excluding ortho intramolecular Hbond substituents is 1. The van der Waals surface area contributed by atoms with Crippen LogP contribution in [0.25, 0.3) is 0 Å². The Morgan fingerprint density at radius 2 is 2.31 bits per heavy atom. The first-order valence-corrected chi connectivity index (χ1v) is 4.74. The van der Waals surface area contributed by atoms with E-state index in [-0.39, 0.29) is 5.75 Å². The van der Waals surface area contributed by atoms with Crippen molar-refractivity contribution >= 4 is 5.97 Å². The van der Waals surface area contributed by atoms with Gasteiger partial charge in [-0.25, -0.2) is 4.79 Å². The van der Waals surface area contributed by atoms with Crippen LogP contribution in [0.5, 0.6) is 5.75 Å². The quantitative estimate of drug-likeness (QED) is 0.569. The molecule has 0 spiro atoms. The van der Waals surface area contributed by atoms with Crippen molar-refractivity contribution in [3.63, 3.8) is 0 Å². The Labute approximate surface area is 94.2 Å². The summed E-state index contributed by atoms with van der Waals surface area (Å²) in [5.41, 5.74) is 0.784. The maximum absolute atomic E-state index is 11.2. The number of esters is 1. The molecule has 1 aromatic carbocycles. The van der Waals surface area contributed by atoms with Crippen LogP contribution in [-0.2, 0) is 4.74 Å². The fraction of sp³-hybridized carbons (Fsp3) is 0.250. The standard InChI is InChI=1S/C12H13NO3/c1-13-7-3-4-9-8-10(12(15)16-2)5-6-11(9)14/h5-6,8,13-14H,7H2,1-2H3. The average molecular weight is 219 g/mol. The van der Waals surface area contributed by atoms with E-state index in [0.717, 1.165) is 0 Å². The number of carbonyl (C=O) groups excluding carboxylic acids is 1. The Hall–Kier alpha value is -1.99. The molecule has 16 heavy (non-hydrogen) atoms. The van der Waals surface area contributed by atoms with Crippen molar-refractivity contribution in [2.75, 3.05) is 20.7 Å². The number of hydrogen-bond donors (Lipinski definition) is 2. The van der Waals surface area contributed by atoms with Gasteiger partial charge in [0.1, 0.15) is 5.75 Å². The third kappa shape index (κ3) is 3.01. The van der Waals surface area contributed by atoms with Crippen LogP contribution < -0.4 is 5.32 Å². The number of aromatic hydroxyl groups is 1. The largest absolute Gasteiger partial charge is 0.507 e. The van der Waals surface area contributed by atoms with Crippen molar-refractivity contribution in [1.82, 2.24) is 5.32 Å². The molecule has 4 nitrogen and oxygen atoms in total. The number of phenols is 1. The molecule has 0 aliphatic rings. The predicted octanol–water partition coefficient (Wildman–Crippen LogP) is 0.750. The first-order chi connectivity index (χ1) is 7.69. The monoisotopic (exact) mass is 219 g/mol. The molecule has 0 bridgehead atoms. The van der Waals surface area contributed by atoms with Gasteiger partial charge >= 0.3 is 5.97 Å². The minimum atomic E-state index is -0.448. The van der Waals surface area contributed by atoms with E-state index in [1.165, 1.54) is 25.3 Å². The SMILES string of the molecule is CNCC#Cc1cc(C(=O)OC)ccc1O. The van der Waals surface area contributed by atoms with E-state index in [4.69, 9.17) is 0 Å². The van der Waals surface area contributed by atoms with Gasteiger partial charge in [-0.3, -0.25) is 0 Å². The second kappa shape index (κ2) is 5.79. The van der Waals surface area contributed by atoms with Gasteiger partial charge in [0, 0.05) is 0 Å². The highest BCUT2D eigenvalue weighted by molar-refractivity contribution is 5.90. The Balaban J connectivity index is 3.01. The predicted molar refractivity (Wildman–Crippen MR) is 60.3 cm³/mol. The van der Waals surface area contributed by atoms with E-state index in [1.807, 2.05) is 0 Å². The Morgan fingerprint density at radius 1 is 1.56 bits per heavy atom. The van der Waals surface area contributed by atoms with E-state index < -0.39 is 5.97 Å². The lowest BCUT2D eigenvalue weighted by molar-refractivity contribution is 0.0600. The summed E-state index contributed by atoms with van der Waals surface area (Å²) in [5.74, 6) is 5.17. The number of carbonyl (C=O) groups is 1. The van der Waals surface area contributed by atoms with E-state index >= 15 is 0 Å². The van der Waals surface area contributed by atoms with Crippen molar-refractivity contribution in [1.29, 1.82) is 0 Å². The van der Waals surface area contributed by atoms with Crippen molar-refractivity contribution in [2.24, 2.45) is 0 Å². The maximum Gasteiger partial charge on any atom is 0.337 e. The van der Waals surface area contributed by atoms with Gasteiger partial charge in [0.05, 0.1) is 24.8 Å². The number of hydrogen-bond acceptors (Lipinski definition) is 4. The molecule has 0 fully saturated rings. The lowest BCUT2D eigenvalue weighted by Crippen LogP contribution is -2.04. The summed E-state index contributed by atoms with van der Waals surface area (Å²) < 4.78 is 4.58. The van der Waals surface area contributed by atoms with Gasteiger partial charge in [-0.2, -0.15) is 0 Å². The highest BCUT2D eigenvalue weighted by Gasteiger charge is 2.07. The lowest BCUT2D eigenvalue weighted by atomic mass is 10.1. The summed E-state index contributed by atoms with van der Waals surface area (Å²) in [4.78, 5) is 11.2. The summed E-state index contributed by atoms with van der Waals surface area (Å²) in [5, 5.41) is 12.4. The van der Waals surface area contributed by atoms with E-state index in [9.17, 15) is 9.90 Å². The zero-order valence-electron chi connectivity index (χ0n) is 9.20. The lowest BCUT2D eigenvalue weighted by Gasteiger charge is -2.01. The molecule has 0 radical (unpaired) electrons. The summed E-state index contributed by atoms with van der Waals surface area (Å²) >= 11 is 0. The molecule has 4 heteroatoms. The van der Waals surface area contributed by atoms with Gasteiger partial charge in [-0.05, 0) is 25.2 Å². The molecule has 0 heterocycles. The van der Waals surface area contributed by atoms with Gasteiger partial charge in [0.2, 0.25) is 0 Å². The van der Waals surface area contributed by atoms with Gasteiger partial charge in [0.15, 0.2) is 0 Å². The topological polar surface area (TPSA) is 58.6 Å². The molecular formula is C12H13NO3. The van der Waals surface area contributed by atoms with Crippen molar-refractivity contribution in [3.8, 4) is 17.6 Å². The summed E-state index contributed by atoms with van der Waals surface area (Å²) in [6.45, 7) is 0.516. The number of methoxy groups -OCH3 is 1. The van der Waals surface area contributed by atoms with Crippen LogP contribution in [-0.4, -0.2) is 31.8 Å². The molecule has 0 aliphatic heterocycles. The molecule has 0 saturated carbocycles. The van der Waals surface area contributed by atoms with Crippen molar-refractivity contribution in [3.05, 3.63) is 29.3 Å².